The van der Waals surface area contributed by atoms with Gasteiger partial charge in [-0.15, -0.1) is 24.8 Å². The van der Waals surface area contributed by atoms with Crippen molar-refractivity contribution >= 4 is 104 Å². The Morgan fingerprint density at radius 1 is 0.569 bits per heavy atom. The van der Waals surface area contributed by atoms with Gasteiger partial charge in [0.05, 0.1) is 12.8 Å². The van der Waals surface area contributed by atoms with E-state index in [0.717, 1.165) is 68.1 Å². The second-order valence-corrected chi connectivity index (χ2v) is 12.4. The molecule has 0 aliphatic carbocycles. The highest BCUT2D eigenvalue weighted by Crippen LogP contribution is 2.32. The molecule has 0 spiro atoms. The molecule has 0 fully saturated rings. The van der Waals surface area contributed by atoms with E-state index in [-0.39, 0.29) is 69.9 Å². The highest BCUT2D eigenvalue weighted by atomic mass is 35.5. The van der Waals surface area contributed by atoms with E-state index >= 15 is 0 Å². The molecule has 0 radical (unpaired) electrons. The maximum absolute atomic E-state index is 11.9. The van der Waals surface area contributed by atoms with E-state index in [9.17, 15) is 9.59 Å². The van der Waals surface area contributed by atoms with E-state index in [1.165, 1.54) is 0 Å². The van der Waals surface area contributed by atoms with Gasteiger partial charge >= 0.3 is 11.9 Å². The van der Waals surface area contributed by atoms with Crippen molar-refractivity contribution in [3.63, 3.8) is 0 Å². The Kier molecular flexibility index (Phi) is 20.2. The molecule has 0 amide bonds. The zero-order valence-electron chi connectivity index (χ0n) is 27.6. The molecule has 0 aliphatic heterocycles. The fraction of sp³-hybridized carbons (Fsp3) is 0.316. The average molecular weight is 787 g/mol. The summed E-state index contributed by atoms with van der Waals surface area (Å²) in [6, 6.07) is 22.6. The van der Waals surface area contributed by atoms with Gasteiger partial charge in [-0.05, 0) is 87.8 Å². The van der Waals surface area contributed by atoms with Crippen molar-refractivity contribution in [3.8, 4) is 0 Å². The van der Waals surface area contributed by atoms with Crippen LogP contribution in [0.3, 0.4) is 0 Å². The quantitative estimate of drug-likeness (QED) is 0.126. The molecule has 0 bridgehead atoms. The minimum absolute atomic E-state index is 0. The number of rotatable bonds is 10. The topological polar surface area (TPSA) is 117 Å². The van der Waals surface area contributed by atoms with Crippen molar-refractivity contribution < 1.29 is 33.4 Å². The molecule has 6 aromatic rings. The number of hydrogen-bond acceptors (Lipinski definition) is 8. The standard InChI is InChI=1S/2C18H18ClNO3.2CH4.2ClH.H2O/c2*1-20(2)7-8-22-18(21)10-12-3-5-14-15-11-13(19)4-6-16(15)23-17(14)9-12;;;;;/h2*3-6,9,11H,7-8,10H2,1-2H3;2*1H4;2*1H;1H2. The third-order valence-electron chi connectivity index (χ3n) is 7.30. The molecule has 0 saturated heterocycles. The fourth-order valence-electron chi connectivity index (χ4n) is 4.93. The fourth-order valence-corrected chi connectivity index (χ4v) is 5.27. The van der Waals surface area contributed by atoms with Crippen molar-refractivity contribution in [2.45, 2.75) is 27.7 Å². The van der Waals surface area contributed by atoms with Gasteiger partial charge in [0.15, 0.2) is 0 Å². The summed E-state index contributed by atoms with van der Waals surface area (Å²) in [6.45, 7) is 2.23. The van der Waals surface area contributed by atoms with Crippen LogP contribution in [0.4, 0.5) is 0 Å². The summed E-state index contributed by atoms with van der Waals surface area (Å²) >= 11 is 12.1. The van der Waals surface area contributed by atoms with Crippen molar-refractivity contribution in [1.82, 2.24) is 9.80 Å². The van der Waals surface area contributed by atoms with Crippen LogP contribution >= 0.6 is 48.0 Å². The summed E-state index contributed by atoms with van der Waals surface area (Å²) < 4.78 is 22.1. The molecule has 2 heterocycles. The molecule has 0 atom stereocenters. The Balaban J connectivity index is 0.000000893. The smallest absolute Gasteiger partial charge is 0.310 e. The van der Waals surface area contributed by atoms with E-state index < -0.39 is 0 Å². The maximum Gasteiger partial charge on any atom is 0.310 e. The average Bonchev–Trinajstić information content (AvgIpc) is 3.53. The number of likely N-dealkylation sites (N-methyl/N-ethyl adjacent to an activating group) is 2. The Morgan fingerprint density at radius 3 is 1.29 bits per heavy atom. The third-order valence-corrected chi connectivity index (χ3v) is 7.77. The van der Waals surface area contributed by atoms with Crippen molar-refractivity contribution in [1.29, 1.82) is 0 Å². The van der Waals surface area contributed by atoms with Crippen LogP contribution in [0.1, 0.15) is 26.0 Å². The number of esters is 2. The molecular weight excluding hydrogens is 738 g/mol. The second kappa shape index (κ2) is 21.7. The molecule has 0 aliphatic rings. The van der Waals surface area contributed by atoms with Gasteiger partial charge < -0.3 is 33.6 Å². The third kappa shape index (κ3) is 12.9. The zero-order chi connectivity index (χ0) is 32.8. The lowest BCUT2D eigenvalue weighted by Crippen LogP contribution is -2.20. The molecule has 2 aromatic heterocycles. The van der Waals surface area contributed by atoms with Gasteiger partial charge in [0.1, 0.15) is 35.5 Å². The monoisotopic (exact) mass is 784 g/mol. The lowest BCUT2D eigenvalue weighted by atomic mass is 10.1. The van der Waals surface area contributed by atoms with Crippen LogP contribution in [0.5, 0.6) is 0 Å². The first-order valence-electron chi connectivity index (χ1n) is 14.9. The number of fused-ring (bicyclic) bond motifs is 6. The summed E-state index contributed by atoms with van der Waals surface area (Å²) in [4.78, 5) is 27.7. The zero-order valence-corrected chi connectivity index (χ0v) is 30.7. The van der Waals surface area contributed by atoms with Gasteiger partial charge in [-0.2, -0.15) is 0 Å². The molecule has 9 nitrogen and oxygen atoms in total. The summed E-state index contributed by atoms with van der Waals surface area (Å²) in [5.74, 6) is -0.462. The number of carbonyl (C=O) groups excluding carboxylic acids is 2. The lowest BCUT2D eigenvalue weighted by molar-refractivity contribution is -0.144. The first kappa shape index (κ1) is 47.5. The predicted octanol–water partition coefficient (Wildman–Crippen LogP) is 9.06. The summed E-state index contributed by atoms with van der Waals surface area (Å²) in [7, 11) is 7.76. The molecule has 13 heteroatoms. The first-order valence-corrected chi connectivity index (χ1v) is 15.6. The number of halogens is 4. The lowest BCUT2D eigenvalue weighted by Gasteiger charge is -2.09. The van der Waals surface area contributed by atoms with Crippen molar-refractivity contribution in [2.24, 2.45) is 0 Å². The first-order chi connectivity index (χ1) is 22.0. The number of benzene rings is 4. The van der Waals surface area contributed by atoms with E-state index in [2.05, 4.69) is 0 Å². The molecule has 280 valence electrons. The number of furan rings is 2. The van der Waals surface area contributed by atoms with Gasteiger partial charge in [0.25, 0.3) is 0 Å². The molecule has 51 heavy (non-hydrogen) atoms. The largest absolute Gasteiger partial charge is 0.464 e. The summed E-state index contributed by atoms with van der Waals surface area (Å²) in [5, 5.41) is 5.29. The van der Waals surface area contributed by atoms with Crippen LogP contribution in [-0.4, -0.2) is 81.7 Å². The molecular formula is C38H48Cl4N2O7. The van der Waals surface area contributed by atoms with E-state index in [0.29, 0.717) is 23.3 Å². The van der Waals surface area contributed by atoms with Crippen LogP contribution < -0.4 is 0 Å². The van der Waals surface area contributed by atoms with Gasteiger partial charge in [0.2, 0.25) is 0 Å². The van der Waals surface area contributed by atoms with Gasteiger partial charge in [0, 0.05) is 44.7 Å². The van der Waals surface area contributed by atoms with E-state index in [1.54, 1.807) is 12.1 Å². The minimum atomic E-state index is -0.231. The number of nitrogens with zero attached hydrogens (tertiary/aromatic N) is 2. The number of hydrogen-bond donors (Lipinski definition) is 0. The minimum Gasteiger partial charge on any atom is -0.464 e. The Hall–Kier alpha value is -3.54. The van der Waals surface area contributed by atoms with Gasteiger partial charge in [-0.3, -0.25) is 9.59 Å². The van der Waals surface area contributed by atoms with Crippen LogP contribution in [0, 0.1) is 0 Å². The molecule has 0 saturated carbocycles. The van der Waals surface area contributed by atoms with Crippen LogP contribution in [-0.2, 0) is 31.9 Å². The normalized spacial score (nSPS) is 10.4. The van der Waals surface area contributed by atoms with Crippen molar-refractivity contribution in [3.05, 3.63) is 94.0 Å². The molecule has 6 rings (SSSR count). The van der Waals surface area contributed by atoms with Crippen LogP contribution in [0.25, 0.3) is 43.9 Å². The highest BCUT2D eigenvalue weighted by molar-refractivity contribution is 6.32. The summed E-state index contributed by atoms with van der Waals surface area (Å²) in [6.07, 6.45) is 0.475. The molecule has 2 N–H and O–H groups in total. The van der Waals surface area contributed by atoms with Gasteiger partial charge in [-0.25, -0.2) is 0 Å². The van der Waals surface area contributed by atoms with E-state index in [4.69, 9.17) is 41.5 Å². The van der Waals surface area contributed by atoms with E-state index in [1.807, 2.05) is 98.7 Å². The Labute approximate surface area is 321 Å². The highest BCUT2D eigenvalue weighted by Gasteiger charge is 2.12. The summed E-state index contributed by atoms with van der Waals surface area (Å²) in [5.41, 5.74) is 4.82. The van der Waals surface area contributed by atoms with Crippen molar-refractivity contribution in [2.75, 3.05) is 54.5 Å². The Morgan fingerprint density at radius 2 is 0.941 bits per heavy atom. The second-order valence-electron chi connectivity index (χ2n) is 11.5. The molecule has 4 aromatic carbocycles. The van der Waals surface area contributed by atoms with Gasteiger partial charge in [-0.1, -0.05) is 62.3 Å². The SMILES string of the molecule is C.C.CN(C)CCOC(=O)Cc1ccc2c(c1)oc1ccc(Cl)cc12.CN(C)CCOC(=O)Cc1ccc2c(c1)oc1ccc(Cl)cc12.Cl.Cl.O. The molecule has 0 unspecified atom stereocenters. The van der Waals surface area contributed by atoms with Crippen LogP contribution in [0.15, 0.2) is 81.6 Å². The van der Waals surface area contributed by atoms with Crippen LogP contribution in [0.2, 0.25) is 10.0 Å². The number of carbonyl (C=O) groups is 2. The Bertz CT molecular complexity index is 1860. The maximum atomic E-state index is 11.9. The number of ether oxygens (including phenoxy) is 2. The predicted molar refractivity (Wildman–Crippen MR) is 215 cm³/mol.